The molecule has 1 aliphatic heterocycles. The number of hydrogen-bond acceptors (Lipinski definition) is 11. The third-order valence-electron chi connectivity index (χ3n) is 12.0. The highest BCUT2D eigenvalue weighted by molar-refractivity contribution is 7.89. The van der Waals surface area contributed by atoms with E-state index in [1.54, 1.807) is 18.2 Å². The molecule has 2 aliphatic carbocycles. The van der Waals surface area contributed by atoms with Gasteiger partial charge in [-0.3, -0.25) is 9.78 Å². The smallest absolute Gasteiger partial charge is 0.243 e. The minimum Gasteiger partial charge on any atom is -0.487 e. The number of oxime groups is 1. The van der Waals surface area contributed by atoms with Crippen LogP contribution in [-0.2, 0) is 31.0 Å². The van der Waals surface area contributed by atoms with Crippen molar-refractivity contribution in [3.05, 3.63) is 102 Å². The Labute approximate surface area is 373 Å². The monoisotopic (exact) mass is 886 g/mol. The third kappa shape index (κ3) is 11.0. The molecule has 3 aromatic rings. The Kier molecular flexibility index (Phi) is 15.9. The number of rotatable bonds is 21. The van der Waals surface area contributed by atoms with E-state index in [9.17, 15) is 15.0 Å². The van der Waals surface area contributed by atoms with Gasteiger partial charge in [0.2, 0.25) is 21.7 Å². The summed E-state index contributed by atoms with van der Waals surface area (Å²) in [6, 6.07) is 16.9. The second-order valence-corrected chi connectivity index (χ2v) is 19.7. The van der Waals surface area contributed by atoms with E-state index in [2.05, 4.69) is 23.0 Å². The lowest BCUT2D eigenvalue weighted by Gasteiger charge is -2.59. The number of aliphatic hydroxyl groups is 2. The summed E-state index contributed by atoms with van der Waals surface area (Å²) < 4.78 is 52.7. The molecule has 6 rings (SSSR count). The zero-order valence-corrected chi connectivity index (χ0v) is 38.5. The standard InChI is InChI=1S/C49H66N4O9S/c1-8-25-53(63(57,58)39-22-19-36(20-23-39)51-34(4)56)45-31-43(52-62-48(5,6)7)41-29-35(16-10-12-26-54)40(18-11-13-27-55)46-42-30-38(59-32-37-17-14-15-33(3)50-37)21-24-44(42)61-49(45,47(41)46)60-28-9-2/h9,14-15,17,19-24,29-30,35,40,45-47,54-55H,2,8,10-13,16,18,25-28,31-32H2,1,3-7H3,(H,51,56)/t35-,40+,45-,46+,47+,49+/m0/s1. The summed E-state index contributed by atoms with van der Waals surface area (Å²) >= 11 is 0. The van der Waals surface area contributed by atoms with E-state index in [-0.39, 0.29) is 67.9 Å². The SMILES string of the molecule is C=CCO[C@@]12Oc3ccc(OCc4cccc(C)n4)cc3[C@H]3[C@H](CCCCO)[C@@H](CCCCO)C=C(C(=NOC(C)(C)C)C[C@@H]1N(CCC)S(=O)(=O)c1ccc(NC(C)=O)cc1)[C@H]32. The van der Waals surface area contributed by atoms with Gasteiger partial charge in [0.05, 0.1) is 34.9 Å². The first-order valence-electron chi connectivity index (χ1n) is 22.4. The van der Waals surface area contributed by atoms with Crippen molar-refractivity contribution in [2.24, 2.45) is 22.9 Å². The summed E-state index contributed by atoms with van der Waals surface area (Å²) in [6.07, 6.45) is 8.94. The number of benzene rings is 2. The fourth-order valence-electron chi connectivity index (χ4n) is 9.46. The van der Waals surface area contributed by atoms with E-state index in [4.69, 9.17) is 24.2 Å². The number of aryl methyl sites for hydroxylation is 1. The van der Waals surface area contributed by atoms with Crippen molar-refractivity contribution in [1.82, 2.24) is 9.29 Å². The normalized spacial score (nSPS) is 23.6. The highest BCUT2D eigenvalue weighted by Crippen LogP contribution is 2.62. The lowest BCUT2D eigenvalue weighted by Crippen LogP contribution is -2.70. The van der Waals surface area contributed by atoms with Gasteiger partial charge in [0, 0.05) is 56.0 Å². The van der Waals surface area contributed by atoms with E-state index in [1.165, 1.54) is 23.4 Å². The summed E-state index contributed by atoms with van der Waals surface area (Å²) in [7, 11) is -4.25. The van der Waals surface area contributed by atoms with Crippen molar-refractivity contribution < 1.29 is 42.5 Å². The fourth-order valence-corrected chi connectivity index (χ4v) is 11.2. The largest absolute Gasteiger partial charge is 0.487 e. The molecule has 1 saturated carbocycles. The molecular weight excluding hydrogens is 821 g/mol. The van der Waals surface area contributed by atoms with Crippen LogP contribution in [0.2, 0.25) is 0 Å². The quantitative estimate of drug-likeness (QED) is 0.0536. The van der Waals surface area contributed by atoms with Crippen LogP contribution < -0.4 is 14.8 Å². The van der Waals surface area contributed by atoms with Gasteiger partial charge in [-0.15, -0.1) is 6.58 Å². The number of sulfonamides is 1. The molecule has 2 aromatic carbocycles. The number of unbranched alkanes of at least 4 members (excludes halogenated alkanes) is 2. The van der Waals surface area contributed by atoms with Crippen LogP contribution in [0.3, 0.4) is 0 Å². The van der Waals surface area contributed by atoms with Gasteiger partial charge >= 0.3 is 0 Å². The number of anilines is 1. The van der Waals surface area contributed by atoms with Crippen LogP contribution in [0, 0.1) is 24.7 Å². The summed E-state index contributed by atoms with van der Waals surface area (Å²) in [6.45, 7) is 15.7. The minimum atomic E-state index is -4.25. The molecule has 14 heteroatoms. The first-order valence-corrected chi connectivity index (χ1v) is 23.8. The molecule has 0 bridgehead atoms. The Bertz CT molecular complexity index is 2220. The van der Waals surface area contributed by atoms with Gasteiger partial charge in [0.15, 0.2) is 0 Å². The molecule has 0 saturated heterocycles. The maximum absolute atomic E-state index is 15.2. The Morgan fingerprint density at radius 3 is 2.44 bits per heavy atom. The van der Waals surface area contributed by atoms with Crippen molar-refractivity contribution in [3.63, 3.8) is 0 Å². The molecular formula is C49H66N4O9S. The van der Waals surface area contributed by atoms with Crippen LogP contribution in [-0.4, -0.2) is 83.3 Å². The third-order valence-corrected chi connectivity index (χ3v) is 13.9. The second kappa shape index (κ2) is 20.9. The minimum absolute atomic E-state index is 0.00637. The van der Waals surface area contributed by atoms with Crippen LogP contribution in [0.1, 0.15) is 109 Å². The van der Waals surface area contributed by atoms with Crippen LogP contribution in [0.5, 0.6) is 11.5 Å². The van der Waals surface area contributed by atoms with Gasteiger partial charge in [-0.1, -0.05) is 43.1 Å². The Morgan fingerprint density at radius 1 is 1.06 bits per heavy atom. The lowest BCUT2D eigenvalue weighted by atomic mass is 9.55. The van der Waals surface area contributed by atoms with E-state index < -0.39 is 33.4 Å². The number of allylic oxidation sites excluding steroid dienone is 1. The molecule has 0 spiro atoms. The second-order valence-electron chi connectivity index (χ2n) is 17.9. The predicted octanol–water partition coefficient (Wildman–Crippen LogP) is 8.46. The molecule has 63 heavy (non-hydrogen) atoms. The van der Waals surface area contributed by atoms with Crippen molar-refractivity contribution in [1.29, 1.82) is 0 Å². The Morgan fingerprint density at radius 2 is 1.79 bits per heavy atom. The van der Waals surface area contributed by atoms with E-state index in [1.807, 2.05) is 71.0 Å². The van der Waals surface area contributed by atoms with Crippen LogP contribution in [0.25, 0.3) is 0 Å². The maximum atomic E-state index is 15.2. The first-order chi connectivity index (χ1) is 30.1. The van der Waals surface area contributed by atoms with Crippen LogP contribution >= 0.6 is 0 Å². The number of amides is 1. The highest BCUT2D eigenvalue weighted by Gasteiger charge is 2.66. The number of hydrogen-bond donors (Lipinski definition) is 3. The molecule has 3 N–H and O–H groups in total. The molecule has 342 valence electrons. The van der Waals surface area contributed by atoms with Crippen molar-refractivity contribution >= 4 is 27.3 Å². The summed E-state index contributed by atoms with van der Waals surface area (Å²) in [4.78, 5) is 22.8. The van der Waals surface area contributed by atoms with Crippen molar-refractivity contribution in [2.75, 3.05) is 31.7 Å². The van der Waals surface area contributed by atoms with E-state index in [0.29, 0.717) is 42.2 Å². The highest BCUT2D eigenvalue weighted by atomic mass is 32.2. The molecule has 1 fully saturated rings. The topological polar surface area (TPSA) is 169 Å². The first kappa shape index (κ1) is 47.9. The number of nitrogens with zero attached hydrogens (tertiary/aromatic N) is 3. The van der Waals surface area contributed by atoms with Crippen LogP contribution in [0.4, 0.5) is 5.69 Å². The number of aliphatic hydroxyl groups excluding tert-OH is 2. The number of carbonyl (C=O) groups excluding carboxylic acids is 1. The molecule has 1 amide bonds. The number of carbonyl (C=O) groups is 1. The average Bonchev–Trinajstić information content (AvgIpc) is 3.24. The molecule has 0 unspecified atom stereocenters. The molecule has 3 aliphatic rings. The molecule has 6 atom stereocenters. The zero-order valence-electron chi connectivity index (χ0n) is 37.7. The molecule has 13 nitrogen and oxygen atoms in total. The van der Waals surface area contributed by atoms with Gasteiger partial charge in [0.1, 0.15) is 23.7 Å². The van der Waals surface area contributed by atoms with Crippen molar-refractivity contribution in [3.8, 4) is 11.5 Å². The van der Waals surface area contributed by atoms with E-state index in [0.717, 1.165) is 48.2 Å². The fraction of sp³-hybridized carbons (Fsp3) is 0.531. The molecule has 0 radical (unpaired) electrons. The number of fused-ring (bicyclic) bond motifs is 2. The Hall–Kier alpha value is -4.60. The van der Waals surface area contributed by atoms with Gasteiger partial charge in [-0.05, 0) is 132 Å². The maximum Gasteiger partial charge on any atom is 0.243 e. The van der Waals surface area contributed by atoms with Crippen molar-refractivity contribution in [2.45, 2.75) is 128 Å². The number of nitrogens with one attached hydrogen (secondary N) is 1. The summed E-state index contributed by atoms with van der Waals surface area (Å²) in [5.74, 6) is -1.48. The average molecular weight is 887 g/mol. The van der Waals surface area contributed by atoms with Gasteiger partial charge in [0.25, 0.3) is 0 Å². The lowest BCUT2D eigenvalue weighted by molar-refractivity contribution is -0.251. The van der Waals surface area contributed by atoms with Gasteiger partial charge in [-0.25, -0.2) is 8.42 Å². The summed E-state index contributed by atoms with van der Waals surface area (Å²) in [5, 5.41) is 27.5. The Balaban J connectivity index is 1.60. The van der Waals surface area contributed by atoms with Crippen LogP contribution in [0.15, 0.2) is 95.0 Å². The van der Waals surface area contributed by atoms with Gasteiger partial charge in [-0.2, -0.15) is 4.31 Å². The number of ether oxygens (including phenoxy) is 3. The zero-order chi connectivity index (χ0) is 45.4. The van der Waals surface area contributed by atoms with E-state index >= 15 is 8.42 Å². The number of aromatic nitrogens is 1. The molecule has 1 aromatic heterocycles. The predicted molar refractivity (Wildman–Crippen MR) is 244 cm³/mol. The number of pyridine rings is 1. The summed E-state index contributed by atoms with van der Waals surface area (Å²) in [5.41, 5.74) is 3.92. The molecule has 2 heterocycles. The van der Waals surface area contributed by atoms with Gasteiger partial charge < -0.3 is 34.6 Å².